The monoisotopic (exact) mass is 401 g/mol. The number of hydrogen-bond donors (Lipinski definition) is 5. The first-order chi connectivity index (χ1) is 13.7. The molecular weight excluding hydrogens is 374 g/mol. The van der Waals surface area contributed by atoms with Crippen LogP contribution in [-0.4, -0.2) is 46.4 Å². The van der Waals surface area contributed by atoms with Gasteiger partial charge in [-0.1, -0.05) is 17.9 Å². The lowest BCUT2D eigenvalue weighted by Gasteiger charge is -2.29. The van der Waals surface area contributed by atoms with Gasteiger partial charge in [-0.05, 0) is 62.9 Å². The lowest BCUT2D eigenvalue weighted by molar-refractivity contribution is -0.132. The van der Waals surface area contributed by atoms with Crippen molar-refractivity contribution in [3.63, 3.8) is 0 Å². The Morgan fingerprint density at radius 2 is 2.03 bits per heavy atom. The standard InChI is InChI=1S/C21H27N3O5/c1-21(2,22)18(20(27)24-28)23-19(26)15-7-11-17(12-8-15)29-13-3-4-14-5-9-16(25)10-6-14/h5,7-8,11-12,16,18,25,28H,6,9-10,13,22H2,1-2H3,(H,23,26)(H,24,27)/t16?,18-/m1/s1. The first-order valence-corrected chi connectivity index (χ1v) is 9.33. The molecule has 1 aromatic carbocycles. The van der Waals surface area contributed by atoms with Crippen molar-refractivity contribution < 1.29 is 24.6 Å². The van der Waals surface area contributed by atoms with Gasteiger partial charge in [0, 0.05) is 11.1 Å². The van der Waals surface area contributed by atoms with Crippen LogP contribution in [-0.2, 0) is 4.79 Å². The molecule has 0 saturated heterocycles. The summed E-state index contributed by atoms with van der Waals surface area (Å²) < 4.78 is 5.54. The Hall–Kier alpha value is -2.86. The van der Waals surface area contributed by atoms with Crippen molar-refractivity contribution in [2.75, 3.05) is 6.61 Å². The molecule has 0 aliphatic heterocycles. The second kappa shape index (κ2) is 10.1. The Morgan fingerprint density at radius 3 is 2.59 bits per heavy atom. The number of allylic oxidation sites excluding steroid dienone is 1. The van der Waals surface area contributed by atoms with Crippen LogP contribution in [0.25, 0.3) is 0 Å². The van der Waals surface area contributed by atoms with Gasteiger partial charge in [0.1, 0.15) is 18.4 Å². The Balaban J connectivity index is 1.91. The van der Waals surface area contributed by atoms with Gasteiger partial charge in [-0.3, -0.25) is 14.8 Å². The highest BCUT2D eigenvalue weighted by molar-refractivity contribution is 5.97. The van der Waals surface area contributed by atoms with Crippen molar-refractivity contribution in [1.82, 2.24) is 10.8 Å². The summed E-state index contributed by atoms with van der Waals surface area (Å²) in [6, 6.07) is 5.26. The summed E-state index contributed by atoms with van der Waals surface area (Å²) in [4.78, 5) is 24.1. The molecule has 1 aliphatic rings. The van der Waals surface area contributed by atoms with Gasteiger partial charge in [0.15, 0.2) is 0 Å². The first kappa shape index (κ1) is 22.4. The van der Waals surface area contributed by atoms with Crippen molar-refractivity contribution in [2.24, 2.45) is 5.73 Å². The lowest BCUT2D eigenvalue weighted by Crippen LogP contribution is -2.61. The molecule has 1 unspecified atom stereocenters. The fourth-order valence-corrected chi connectivity index (χ4v) is 2.77. The van der Waals surface area contributed by atoms with Crippen LogP contribution in [0.15, 0.2) is 35.9 Å². The van der Waals surface area contributed by atoms with E-state index >= 15 is 0 Å². The summed E-state index contributed by atoms with van der Waals surface area (Å²) in [5.74, 6) is 5.21. The topological polar surface area (TPSA) is 134 Å². The smallest absolute Gasteiger partial charge is 0.267 e. The minimum absolute atomic E-state index is 0.200. The molecule has 0 heterocycles. The zero-order valence-corrected chi connectivity index (χ0v) is 16.6. The first-order valence-electron chi connectivity index (χ1n) is 9.33. The number of aliphatic hydroxyl groups is 1. The molecular formula is C21H27N3O5. The van der Waals surface area contributed by atoms with E-state index in [1.165, 1.54) is 5.48 Å². The van der Waals surface area contributed by atoms with Crippen LogP contribution in [0.3, 0.4) is 0 Å². The Morgan fingerprint density at radius 1 is 1.34 bits per heavy atom. The zero-order chi connectivity index (χ0) is 21.4. The fraction of sp³-hybridized carbons (Fsp3) is 0.429. The minimum Gasteiger partial charge on any atom is -0.481 e. The highest BCUT2D eigenvalue weighted by atomic mass is 16.5. The molecule has 29 heavy (non-hydrogen) atoms. The second-order valence-corrected chi connectivity index (χ2v) is 7.48. The third-order valence-corrected chi connectivity index (χ3v) is 4.45. The lowest BCUT2D eigenvalue weighted by atomic mass is 9.95. The Labute approximate surface area is 170 Å². The number of rotatable bonds is 6. The molecule has 1 aromatic rings. The third-order valence-electron chi connectivity index (χ3n) is 4.45. The van der Waals surface area contributed by atoms with Crippen LogP contribution in [0, 0.1) is 11.8 Å². The number of aliphatic hydroxyl groups excluding tert-OH is 1. The van der Waals surface area contributed by atoms with Gasteiger partial charge in [-0.25, -0.2) is 5.48 Å². The number of carbonyl (C=O) groups excluding carboxylic acids is 2. The molecule has 8 heteroatoms. The summed E-state index contributed by atoms with van der Waals surface area (Å²) in [7, 11) is 0. The van der Waals surface area contributed by atoms with Crippen LogP contribution >= 0.6 is 0 Å². The zero-order valence-electron chi connectivity index (χ0n) is 16.6. The number of amides is 2. The average molecular weight is 401 g/mol. The number of benzene rings is 1. The highest BCUT2D eigenvalue weighted by Crippen LogP contribution is 2.17. The quantitative estimate of drug-likeness (QED) is 0.273. The fourth-order valence-electron chi connectivity index (χ4n) is 2.77. The van der Waals surface area contributed by atoms with Crippen LogP contribution < -0.4 is 21.3 Å². The number of ether oxygens (including phenoxy) is 1. The van der Waals surface area contributed by atoms with Gasteiger partial charge in [0.05, 0.1) is 6.10 Å². The molecule has 0 aromatic heterocycles. The number of carbonyl (C=O) groups is 2. The SMILES string of the molecule is CC(C)(N)[C@H](NC(=O)c1ccc(OCC#CC2=CCC(O)CC2)cc1)C(=O)NO. The van der Waals surface area contributed by atoms with Crippen LogP contribution in [0.4, 0.5) is 0 Å². The predicted octanol–water partition coefficient (Wildman–Crippen LogP) is 0.881. The van der Waals surface area contributed by atoms with Crippen molar-refractivity contribution in [3.05, 3.63) is 41.5 Å². The van der Waals surface area contributed by atoms with Crippen molar-refractivity contribution in [3.8, 4) is 17.6 Å². The molecule has 0 fully saturated rings. The second-order valence-electron chi connectivity index (χ2n) is 7.48. The van der Waals surface area contributed by atoms with Crippen molar-refractivity contribution in [1.29, 1.82) is 0 Å². The van der Waals surface area contributed by atoms with Gasteiger partial charge in [0.2, 0.25) is 0 Å². The molecule has 2 atom stereocenters. The normalized spacial score (nSPS) is 17.3. The largest absolute Gasteiger partial charge is 0.481 e. The number of hydroxylamine groups is 1. The maximum atomic E-state index is 12.4. The van der Waals surface area contributed by atoms with E-state index < -0.39 is 23.4 Å². The molecule has 8 nitrogen and oxygen atoms in total. The number of nitrogens with two attached hydrogens (primary N) is 1. The summed E-state index contributed by atoms with van der Waals surface area (Å²) in [6.07, 6.45) is 3.81. The Kier molecular flexibility index (Phi) is 7.79. The van der Waals surface area contributed by atoms with E-state index in [0.717, 1.165) is 18.4 Å². The predicted molar refractivity (Wildman–Crippen MR) is 107 cm³/mol. The van der Waals surface area contributed by atoms with E-state index in [-0.39, 0.29) is 12.7 Å². The number of hydrogen-bond acceptors (Lipinski definition) is 6. The maximum Gasteiger partial charge on any atom is 0.267 e. The molecule has 0 spiro atoms. The summed E-state index contributed by atoms with van der Waals surface area (Å²) in [6.45, 7) is 3.33. The van der Waals surface area contributed by atoms with Crippen LogP contribution in [0.2, 0.25) is 0 Å². The Bertz CT molecular complexity index is 815. The van der Waals surface area contributed by atoms with Gasteiger partial charge >= 0.3 is 0 Å². The van der Waals surface area contributed by atoms with E-state index in [0.29, 0.717) is 17.7 Å². The van der Waals surface area contributed by atoms with E-state index in [9.17, 15) is 14.7 Å². The molecule has 6 N–H and O–H groups in total. The van der Waals surface area contributed by atoms with E-state index in [1.807, 2.05) is 6.08 Å². The summed E-state index contributed by atoms with van der Waals surface area (Å²) >= 11 is 0. The molecule has 0 radical (unpaired) electrons. The van der Waals surface area contributed by atoms with E-state index in [2.05, 4.69) is 17.2 Å². The van der Waals surface area contributed by atoms with Gasteiger partial charge in [0.25, 0.3) is 11.8 Å². The van der Waals surface area contributed by atoms with Crippen molar-refractivity contribution >= 4 is 11.8 Å². The van der Waals surface area contributed by atoms with Crippen molar-refractivity contribution in [2.45, 2.75) is 50.8 Å². The summed E-state index contributed by atoms with van der Waals surface area (Å²) in [5, 5.41) is 20.8. The molecule has 1 aliphatic carbocycles. The molecule has 2 amide bonds. The van der Waals surface area contributed by atoms with Crippen LogP contribution in [0.5, 0.6) is 5.75 Å². The number of nitrogens with one attached hydrogen (secondary N) is 2. The summed E-state index contributed by atoms with van der Waals surface area (Å²) in [5.41, 5.74) is 7.66. The van der Waals surface area contributed by atoms with Gasteiger partial charge in [-0.15, -0.1) is 0 Å². The minimum atomic E-state index is -1.11. The molecule has 2 rings (SSSR count). The van der Waals surface area contributed by atoms with E-state index in [4.69, 9.17) is 15.7 Å². The highest BCUT2D eigenvalue weighted by Gasteiger charge is 2.33. The van der Waals surface area contributed by atoms with E-state index in [1.54, 1.807) is 38.1 Å². The van der Waals surface area contributed by atoms with Gasteiger partial charge in [-0.2, -0.15) is 0 Å². The molecule has 0 saturated carbocycles. The average Bonchev–Trinajstić information content (AvgIpc) is 2.69. The van der Waals surface area contributed by atoms with Crippen LogP contribution in [0.1, 0.15) is 43.5 Å². The molecule has 156 valence electrons. The third kappa shape index (κ3) is 6.91. The van der Waals surface area contributed by atoms with Gasteiger partial charge < -0.3 is 20.9 Å². The molecule has 0 bridgehead atoms. The maximum absolute atomic E-state index is 12.4.